The van der Waals surface area contributed by atoms with E-state index in [4.69, 9.17) is 18.9 Å². The third kappa shape index (κ3) is 71.9. The van der Waals surface area contributed by atoms with Gasteiger partial charge in [0.25, 0.3) is 6.29 Å². The minimum Gasteiger partial charge on any atom is -0.477 e. The van der Waals surface area contributed by atoms with Crippen LogP contribution in [0.1, 0.15) is 271 Å². The highest BCUT2D eigenvalue weighted by molar-refractivity contribution is 5.71. The molecule has 0 aliphatic rings. The zero-order valence-electron chi connectivity index (χ0n) is 58.7. The van der Waals surface area contributed by atoms with Gasteiger partial charge in [-0.05, 0) is 135 Å². The van der Waals surface area contributed by atoms with E-state index in [0.717, 1.165) is 116 Å². The van der Waals surface area contributed by atoms with E-state index in [-0.39, 0.29) is 38.6 Å². The second-order valence-electron chi connectivity index (χ2n) is 24.8. The molecule has 0 fully saturated rings. The molecule has 0 radical (unpaired) electrons. The molecule has 91 heavy (non-hydrogen) atoms. The third-order valence-electron chi connectivity index (χ3n) is 15.0. The van der Waals surface area contributed by atoms with E-state index in [2.05, 4.69) is 184 Å². The number of likely N-dealkylation sites (N-methyl/N-ethyl adjacent to an activating group) is 1. The number of esters is 2. The van der Waals surface area contributed by atoms with Crippen molar-refractivity contribution >= 4 is 17.9 Å². The number of carbonyl (C=O) groups is 3. The van der Waals surface area contributed by atoms with Crippen LogP contribution in [0.5, 0.6) is 0 Å². The fraction of sp³-hybridized carbons (Fsp3) is 0.622. The lowest BCUT2D eigenvalue weighted by Crippen LogP contribution is -2.40. The Balaban J connectivity index is 4.25. The van der Waals surface area contributed by atoms with Gasteiger partial charge in [-0.2, -0.15) is 0 Å². The Labute approximate surface area is 558 Å². The molecule has 0 aromatic rings. The molecule has 0 heterocycles. The Morgan fingerprint density at radius 3 is 0.956 bits per heavy atom. The Hall–Kier alpha value is -5.35. The molecule has 514 valence electrons. The van der Waals surface area contributed by atoms with Crippen LogP contribution in [-0.4, -0.2) is 87.4 Å². The van der Waals surface area contributed by atoms with E-state index in [9.17, 15) is 19.5 Å². The number of ether oxygens (including phenoxy) is 4. The van der Waals surface area contributed by atoms with Gasteiger partial charge in [0.15, 0.2) is 6.10 Å². The van der Waals surface area contributed by atoms with Gasteiger partial charge in [0.2, 0.25) is 0 Å². The predicted molar refractivity (Wildman–Crippen MR) is 391 cm³/mol. The van der Waals surface area contributed by atoms with Crippen molar-refractivity contribution in [2.75, 3.05) is 47.5 Å². The van der Waals surface area contributed by atoms with Crippen LogP contribution in [0.4, 0.5) is 0 Å². The Bertz CT molecular complexity index is 2100. The Morgan fingerprint density at radius 1 is 0.341 bits per heavy atom. The Morgan fingerprint density at radius 2 is 0.626 bits per heavy atom. The summed E-state index contributed by atoms with van der Waals surface area (Å²) in [7, 11) is 5.95. The second-order valence-corrected chi connectivity index (χ2v) is 24.8. The molecule has 9 nitrogen and oxygen atoms in total. The molecule has 0 aromatic carbocycles. The van der Waals surface area contributed by atoms with Gasteiger partial charge in [-0.25, -0.2) is 4.79 Å². The molecule has 0 aliphatic heterocycles. The second kappa shape index (κ2) is 70.5. The van der Waals surface area contributed by atoms with Gasteiger partial charge in [0, 0.05) is 12.8 Å². The number of hydrogen-bond acceptors (Lipinski definition) is 7. The smallest absolute Gasteiger partial charge is 0.361 e. The van der Waals surface area contributed by atoms with Gasteiger partial charge in [-0.3, -0.25) is 9.59 Å². The SMILES string of the molecule is CC/C=C\C/C=C\C/C=C\C/C=C\C/C=C\C/C=C\C/C=C\C/C=C\C/C=C\C/C=C\C/C=C\C/C=C\CCCCC(=O)OC(COC(=O)CCCCCCCCCCCCCCCCC/C=C\C/C=C\CCCCCCC)COC(OCC[N+](C)(C)C)C(=O)O. The first kappa shape index (κ1) is 85.7. The molecule has 0 spiro atoms. The quantitative estimate of drug-likeness (QED) is 0.0211. The van der Waals surface area contributed by atoms with Crippen LogP contribution in [-0.2, 0) is 33.3 Å². The number of aliphatic carboxylic acids is 1. The first-order valence-corrected chi connectivity index (χ1v) is 36.3. The number of carboxylic acid groups (broad SMARTS) is 1. The maximum absolute atomic E-state index is 12.9. The van der Waals surface area contributed by atoms with Crippen molar-refractivity contribution in [2.24, 2.45) is 0 Å². The van der Waals surface area contributed by atoms with Crippen LogP contribution in [0, 0.1) is 0 Å². The molecule has 0 aliphatic carbocycles. The van der Waals surface area contributed by atoms with Gasteiger partial charge < -0.3 is 28.5 Å². The molecular weight excluding hydrogens is 1130 g/mol. The fourth-order valence-electron chi connectivity index (χ4n) is 9.44. The molecule has 9 heteroatoms. The first-order chi connectivity index (χ1) is 44.6. The standard InChI is InChI=1S/C82H133NO8/c1-6-8-10-12-14-16-18-20-22-24-26-28-30-32-34-35-36-37-38-39-40-41-42-43-44-45-47-49-51-53-55-57-59-61-63-65-67-69-71-73-80(85)91-78(77-90-82(81(86)87)88-75-74-83(3,4)5)76-89-79(84)72-70-68-66-64-62-60-58-56-54-52-50-48-46-33-31-29-27-25-23-21-19-17-15-13-11-9-7-2/h8,10,14,16,19-22,25-28,32,34,36-37,39-40,42-43,45,47,51,53,57,59,63,65,78,82H,6-7,9,11-13,15,17-18,23-24,29-31,33,35,38,41,44,46,48-50,52,54-56,58,60-62,64,66-77H2,1-5H3/p+1/b10-8-,16-14-,21-19-,22-20-,27-25-,28-26-,34-32-,37-36-,40-39-,43-42-,47-45-,53-51-,59-57-,65-63-. The minimum atomic E-state index is -1.53. The van der Waals surface area contributed by atoms with E-state index in [1.54, 1.807) is 0 Å². The molecule has 0 bridgehead atoms. The predicted octanol–water partition coefficient (Wildman–Crippen LogP) is 23.0. The van der Waals surface area contributed by atoms with Crippen LogP contribution in [0.2, 0.25) is 0 Å². The zero-order valence-corrected chi connectivity index (χ0v) is 58.7. The number of carboxylic acids is 1. The maximum atomic E-state index is 12.9. The molecule has 2 atom stereocenters. The van der Waals surface area contributed by atoms with Crippen molar-refractivity contribution < 1.29 is 42.9 Å². The number of allylic oxidation sites excluding steroid dienone is 28. The van der Waals surface area contributed by atoms with Crippen molar-refractivity contribution in [3.8, 4) is 0 Å². The number of nitrogens with zero attached hydrogens (tertiary/aromatic N) is 1. The van der Waals surface area contributed by atoms with E-state index < -0.39 is 24.3 Å². The van der Waals surface area contributed by atoms with Crippen molar-refractivity contribution in [2.45, 2.75) is 283 Å². The largest absolute Gasteiger partial charge is 0.477 e. The Kier molecular flexibility index (Phi) is 66.4. The van der Waals surface area contributed by atoms with Gasteiger partial charge in [0.05, 0.1) is 34.4 Å². The number of unbranched alkanes of at least 4 members (excludes halogenated alkanes) is 22. The van der Waals surface area contributed by atoms with Gasteiger partial charge in [-0.15, -0.1) is 0 Å². The summed E-state index contributed by atoms with van der Waals surface area (Å²) in [5, 5.41) is 9.75. The summed E-state index contributed by atoms with van der Waals surface area (Å²) < 4.78 is 22.9. The number of quaternary nitrogens is 1. The number of rotatable bonds is 65. The van der Waals surface area contributed by atoms with Crippen LogP contribution in [0.25, 0.3) is 0 Å². The van der Waals surface area contributed by atoms with Crippen LogP contribution >= 0.6 is 0 Å². The van der Waals surface area contributed by atoms with E-state index in [1.807, 2.05) is 21.1 Å². The third-order valence-corrected chi connectivity index (χ3v) is 15.0. The molecule has 1 N–H and O–H groups in total. The summed E-state index contributed by atoms with van der Waals surface area (Å²) >= 11 is 0. The molecular formula is C82H134NO8+. The van der Waals surface area contributed by atoms with Gasteiger partial charge in [-0.1, -0.05) is 293 Å². The van der Waals surface area contributed by atoms with Gasteiger partial charge >= 0.3 is 17.9 Å². The minimum absolute atomic E-state index is 0.171. The lowest BCUT2D eigenvalue weighted by Gasteiger charge is -2.25. The zero-order chi connectivity index (χ0) is 66.1. The number of carbonyl (C=O) groups excluding carboxylic acids is 2. The highest BCUT2D eigenvalue weighted by Gasteiger charge is 2.25. The highest BCUT2D eigenvalue weighted by Crippen LogP contribution is 2.16. The van der Waals surface area contributed by atoms with Crippen molar-refractivity contribution in [1.29, 1.82) is 0 Å². The van der Waals surface area contributed by atoms with Crippen LogP contribution in [0.15, 0.2) is 170 Å². The molecule has 0 rings (SSSR count). The lowest BCUT2D eigenvalue weighted by atomic mass is 10.0. The van der Waals surface area contributed by atoms with Gasteiger partial charge in [0.1, 0.15) is 13.2 Å². The monoisotopic (exact) mass is 1260 g/mol. The summed E-state index contributed by atoms with van der Waals surface area (Å²) in [5.41, 5.74) is 0. The van der Waals surface area contributed by atoms with Crippen molar-refractivity contribution in [1.82, 2.24) is 0 Å². The van der Waals surface area contributed by atoms with Crippen molar-refractivity contribution in [3.05, 3.63) is 170 Å². The topological polar surface area (TPSA) is 108 Å². The molecule has 0 saturated heterocycles. The average Bonchev–Trinajstić information content (AvgIpc) is 3.46. The summed E-state index contributed by atoms with van der Waals surface area (Å²) in [4.78, 5) is 37.6. The molecule has 0 aromatic heterocycles. The summed E-state index contributed by atoms with van der Waals surface area (Å²) in [6, 6.07) is 0. The van der Waals surface area contributed by atoms with Crippen molar-refractivity contribution in [3.63, 3.8) is 0 Å². The molecule has 0 saturated carbocycles. The summed E-state index contributed by atoms with van der Waals surface area (Å²) in [5.74, 6) is -2.08. The number of hydrogen-bond donors (Lipinski definition) is 1. The van der Waals surface area contributed by atoms with Crippen LogP contribution in [0.3, 0.4) is 0 Å². The van der Waals surface area contributed by atoms with Crippen LogP contribution < -0.4 is 0 Å². The van der Waals surface area contributed by atoms with E-state index >= 15 is 0 Å². The average molecular weight is 1260 g/mol. The summed E-state index contributed by atoms with van der Waals surface area (Å²) in [6.07, 6.45) is 103. The van der Waals surface area contributed by atoms with E-state index in [0.29, 0.717) is 17.4 Å². The highest BCUT2D eigenvalue weighted by atomic mass is 16.7. The first-order valence-electron chi connectivity index (χ1n) is 36.3. The lowest BCUT2D eigenvalue weighted by molar-refractivity contribution is -0.870. The van der Waals surface area contributed by atoms with E-state index in [1.165, 1.54) is 122 Å². The maximum Gasteiger partial charge on any atom is 0.361 e. The molecule has 2 unspecified atom stereocenters. The summed E-state index contributed by atoms with van der Waals surface area (Å²) in [6.45, 7) is 4.70. The fourth-order valence-corrected chi connectivity index (χ4v) is 9.44. The molecule has 0 amide bonds. The normalized spacial score (nSPS) is 13.7.